The van der Waals surface area contributed by atoms with Crippen molar-refractivity contribution >= 4 is 40.0 Å². The number of aromatic nitrogens is 2. The molecule has 0 aliphatic rings. The maximum absolute atomic E-state index is 12.6. The zero-order valence-corrected chi connectivity index (χ0v) is 17.4. The standard InChI is InChI=1S/C24H20ClN3O2/c1-14-9-18(12-19(25)10-14)23(30)11-16-3-5-17(6-4-16)24-27-21-8-7-20(26-15(2)29)13-22(21)28-24/h3-10,12-13H,11H2,1-2H3,(H,26,29)(H,27,28). The van der Waals surface area contributed by atoms with Gasteiger partial charge in [-0.05, 0) is 54.4 Å². The average Bonchev–Trinajstić information content (AvgIpc) is 3.10. The van der Waals surface area contributed by atoms with Gasteiger partial charge in [0.1, 0.15) is 5.82 Å². The lowest BCUT2D eigenvalue weighted by Crippen LogP contribution is -2.05. The summed E-state index contributed by atoms with van der Waals surface area (Å²) in [5.41, 5.74) is 5.80. The molecule has 5 nitrogen and oxygen atoms in total. The second-order valence-corrected chi connectivity index (χ2v) is 7.75. The molecule has 0 aliphatic heterocycles. The number of carbonyl (C=O) groups is 2. The van der Waals surface area contributed by atoms with E-state index in [1.165, 1.54) is 6.92 Å². The summed E-state index contributed by atoms with van der Waals surface area (Å²) in [4.78, 5) is 31.7. The van der Waals surface area contributed by atoms with Gasteiger partial charge in [0.05, 0.1) is 11.0 Å². The Hall–Kier alpha value is -3.44. The number of anilines is 1. The van der Waals surface area contributed by atoms with Crippen molar-refractivity contribution in [2.24, 2.45) is 0 Å². The number of ketones is 1. The molecule has 6 heteroatoms. The summed E-state index contributed by atoms with van der Waals surface area (Å²) in [5, 5.41) is 3.33. The van der Waals surface area contributed by atoms with Crippen LogP contribution in [-0.2, 0) is 11.2 Å². The Morgan fingerprint density at radius 3 is 2.50 bits per heavy atom. The van der Waals surface area contributed by atoms with Crippen LogP contribution in [0.2, 0.25) is 5.02 Å². The Balaban J connectivity index is 1.53. The number of hydrogen-bond acceptors (Lipinski definition) is 3. The van der Waals surface area contributed by atoms with Crippen LogP contribution in [0, 0.1) is 6.92 Å². The van der Waals surface area contributed by atoms with Gasteiger partial charge >= 0.3 is 0 Å². The van der Waals surface area contributed by atoms with Crippen LogP contribution in [0.5, 0.6) is 0 Å². The van der Waals surface area contributed by atoms with Gasteiger partial charge in [-0.1, -0.05) is 35.9 Å². The highest BCUT2D eigenvalue weighted by Gasteiger charge is 2.10. The number of imidazole rings is 1. The summed E-state index contributed by atoms with van der Waals surface area (Å²) in [5.74, 6) is 0.642. The number of amides is 1. The van der Waals surface area contributed by atoms with Gasteiger partial charge in [0, 0.05) is 35.2 Å². The average molecular weight is 418 g/mol. The van der Waals surface area contributed by atoms with Gasteiger partial charge in [-0.15, -0.1) is 0 Å². The van der Waals surface area contributed by atoms with Crippen LogP contribution >= 0.6 is 11.6 Å². The zero-order valence-electron chi connectivity index (χ0n) is 16.6. The largest absolute Gasteiger partial charge is 0.338 e. The molecule has 1 heterocycles. The molecule has 3 aromatic carbocycles. The quantitative estimate of drug-likeness (QED) is 0.416. The maximum atomic E-state index is 12.6. The highest BCUT2D eigenvalue weighted by molar-refractivity contribution is 6.31. The minimum atomic E-state index is -0.118. The molecule has 0 aliphatic carbocycles. The predicted molar refractivity (Wildman–Crippen MR) is 120 cm³/mol. The normalized spacial score (nSPS) is 10.9. The Kier molecular flexibility index (Phi) is 5.38. The number of fused-ring (bicyclic) bond motifs is 1. The Bertz CT molecular complexity index is 1240. The SMILES string of the molecule is CC(=O)Nc1ccc2nc(-c3ccc(CC(=O)c4cc(C)cc(Cl)c4)cc3)[nH]c2c1. The monoisotopic (exact) mass is 417 g/mol. The van der Waals surface area contributed by atoms with E-state index < -0.39 is 0 Å². The fourth-order valence-electron chi connectivity index (χ4n) is 3.39. The molecule has 0 unspecified atom stereocenters. The summed E-state index contributed by atoms with van der Waals surface area (Å²) >= 11 is 6.07. The van der Waals surface area contributed by atoms with E-state index in [-0.39, 0.29) is 11.7 Å². The Morgan fingerprint density at radius 1 is 1.03 bits per heavy atom. The van der Waals surface area contributed by atoms with E-state index in [0.29, 0.717) is 17.0 Å². The number of aryl methyl sites for hydroxylation is 1. The van der Waals surface area contributed by atoms with Crippen LogP contribution in [0.4, 0.5) is 5.69 Å². The van der Waals surface area contributed by atoms with Gasteiger partial charge in [-0.3, -0.25) is 9.59 Å². The smallest absolute Gasteiger partial charge is 0.221 e. The maximum Gasteiger partial charge on any atom is 0.221 e. The second kappa shape index (κ2) is 8.13. The van der Waals surface area contributed by atoms with Crippen molar-refractivity contribution < 1.29 is 9.59 Å². The Labute approximate surface area is 179 Å². The van der Waals surface area contributed by atoms with E-state index in [4.69, 9.17) is 11.6 Å². The number of benzene rings is 3. The van der Waals surface area contributed by atoms with E-state index in [1.54, 1.807) is 6.07 Å². The second-order valence-electron chi connectivity index (χ2n) is 7.31. The van der Waals surface area contributed by atoms with Crippen LogP contribution in [0.1, 0.15) is 28.4 Å². The molecule has 0 bridgehead atoms. The number of Topliss-reactive ketones (excluding diaryl/α,β-unsaturated/α-hetero) is 1. The highest BCUT2D eigenvalue weighted by atomic mass is 35.5. The summed E-state index contributed by atoms with van der Waals surface area (Å²) in [6.45, 7) is 3.40. The van der Waals surface area contributed by atoms with Crippen molar-refractivity contribution in [3.8, 4) is 11.4 Å². The van der Waals surface area contributed by atoms with Crippen LogP contribution in [0.15, 0.2) is 60.7 Å². The summed E-state index contributed by atoms with van der Waals surface area (Å²) in [7, 11) is 0. The van der Waals surface area contributed by atoms with Crippen molar-refractivity contribution in [1.29, 1.82) is 0 Å². The molecule has 0 spiro atoms. The van der Waals surface area contributed by atoms with Gasteiger partial charge in [-0.2, -0.15) is 0 Å². The van der Waals surface area contributed by atoms with Crippen molar-refractivity contribution in [3.63, 3.8) is 0 Å². The fraction of sp³-hybridized carbons (Fsp3) is 0.125. The van der Waals surface area contributed by atoms with E-state index in [0.717, 1.165) is 39.2 Å². The molecule has 4 aromatic rings. The lowest BCUT2D eigenvalue weighted by Gasteiger charge is -2.05. The number of aromatic amines is 1. The molecule has 150 valence electrons. The number of carbonyl (C=O) groups excluding carboxylic acids is 2. The lowest BCUT2D eigenvalue weighted by molar-refractivity contribution is -0.114. The molecule has 0 atom stereocenters. The number of H-pyrrole nitrogens is 1. The molecular weight excluding hydrogens is 398 g/mol. The van der Waals surface area contributed by atoms with Crippen LogP contribution < -0.4 is 5.32 Å². The molecule has 0 fully saturated rings. The topological polar surface area (TPSA) is 74.8 Å². The molecule has 2 N–H and O–H groups in total. The first-order valence-electron chi connectivity index (χ1n) is 9.54. The first-order chi connectivity index (χ1) is 14.4. The van der Waals surface area contributed by atoms with Crippen molar-refractivity contribution in [3.05, 3.63) is 82.4 Å². The van der Waals surface area contributed by atoms with E-state index >= 15 is 0 Å². The number of halogens is 1. The van der Waals surface area contributed by atoms with Crippen molar-refractivity contribution in [2.75, 3.05) is 5.32 Å². The van der Waals surface area contributed by atoms with E-state index in [2.05, 4.69) is 15.3 Å². The molecule has 0 radical (unpaired) electrons. The summed E-state index contributed by atoms with van der Waals surface area (Å²) in [6.07, 6.45) is 0.306. The number of nitrogens with one attached hydrogen (secondary N) is 2. The molecule has 0 saturated heterocycles. The van der Waals surface area contributed by atoms with Crippen LogP contribution in [-0.4, -0.2) is 21.7 Å². The third-order valence-corrected chi connectivity index (χ3v) is 4.98. The van der Waals surface area contributed by atoms with Gasteiger partial charge < -0.3 is 10.3 Å². The van der Waals surface area contributed by atoms with Gasteiger partial charge in [0.2, 0.25) is 5.91 Å². The van der Waals surface area contributed by atoms with Crippen LogP contribution in [0.25, 0.3) is 22.4 Å². The summed E-state index contributed by atoms with van der Waals surface area (Å²) < 4.78 is 0. The third kappa shape index (κ3) is 4.42. The van der Waals surface area contributed by atoms with Crippen molar-refractivity contribution in [1.82, 2.24) is 9.97 Å². The van der Waals surface area contributed by atoms with Crippen LogP contribution in [0.3, 0.4) is 0 Å². The molecule has 0 saturated carbocycles. The molecule has 1 aromatic heterocycles. The molecule has 4 rings (SSSR count). The van der Waals surface area contributed by atoms with Crippen molar-refractivity contribution in [2.45, 2.75) is 20.3 Å². The minimum Gasteiger partial charge on any atom is -0.338 e. The molecular formula is C24H20ClN3O2. The number of rotatable bonds is 5. The van der Waals surface area contributed by atoms with Gasteiger partial charge in [0.15, 0.2) is 5.78 Å². The predicted octanol–water partition coefficient (Wildman–Crippen LogP) is 5.58. The fourth-order valence-corrected chi connectivity index (χ4v) is 3.68. The van der Waals surface area contributed by atoms with Gasteiger partial charge in [-0.25, -0.2) is 4.98 Å². The number of hydrogen-bond donors (Lipinski definition) is 2. The first-order valence-corrected chi connectivity index (χ1v) is 9.92. The number of nitrogens with zero attached hydrogens (tertiary/aromatic N) is 1. The first kappa shape index (κ1) is 19.9. The highest BCUT2D eigenvalue weighted by Crippen LogP contribution is 2.24. The lowest BCUT2D eigenvalue weighted by atomic mass is 10.0. The molecule has 1 amide bonds. The summed E-state index contributed by atoms with van der Waals surface area (Å²) in [6, 6.07) is 18.7. The van der Waals surface area contributed by atoms with E-state index in [1.807, 2.05) is 61.5 Å². The van der Waals surface area contributed by atoms with E-state index in [9.17, 15) is 9.59 Å². The third-order valence-electron chi connectivity index (χ3n) is 4.76. The minimum absolute atomic E-state index is 0.0302. The van der Waals surface area contributed by atoms with Gasteiger partial charge in [0.25, 0.3) is 0 Å². The Morgan fingerprint density at radius 2 is 1.80 bits per heavy atom. The molecule has 30 heavy (non-hydrogen) atoms. The zero-order chi connectivity index (χ0) is 21.3.